The number of hydrogen-bond donors (Lipinski definition) is 3. The summed E-state index contributed by atoms with van der Waals surface area (Å²) in [5.74, 6) is -0.108. The average Bonchev–Trinajstić information content (AvgIpc) is 3.71. The summed E-state index contributed by atoms with van der Waals surface area (Å²) < 4.78 is 1.98. The zero-order valence-corrected chi connectivity index (χ0v) is 21.5. The lowest BCUT2D eigenvalue weighted by molar-refractivity contribution is -0.115. The first-order chi connectivity index (χ1) is 19.6. The van der Waals surface area contributed by atoms with E-state index >= 15 is 0 Å². The molecule has 0 aliphatic heterocycles. The molecule has 40 heavy (non-hydrogen) atoms. The quantitative estimate of drug-likeness (QED) is 0.272. The number of imidazole rings is 1. The molecule has 3 N–H and O–H groups in total. The number of aromatic nitrogens is 8. The molecule has 1 amide bonds. The van der Waals surface area contributed by atoms with E-state index in [0.29, 0.717) is 22.6 Å². The number of anilines is 1. The molecule has 0 radical (unpaired) electrons. The van der Waals surface area contributed by atoms with Crippen LogP contribution in [-0.4, -0.2) is 45.6 Å². The van der Waals surface area contributed by atoms with Crippen molar-refractivity contribution >= 4 is 33.7 Å². The Hall–Kier alpha value is -5.64. The maximum Gasteiger partial charge on any atom is 0.228 e. The first-order valence-corrected chi connectivity index (χ1v) is 12.7. The van der Waals surface area contributed by atoms with Gasteiger partial charge in [-0.1, -0.05) is 30.3 Å². The number of nitrogens with one attached hydrogen (secondary N) is 3. The van der Waals surface area contributed by atoms with E-state index in [1.807, 2.05) is 78.4 Å². The Bertz CT molecular complexity index is 2000. The van der Waals surface area contributed by atoms with Crippen LogP contribution in [0.3, 0.4) is 0 Å². The zero-order valence-electron chi connectivity index (χ0n) is 21.5. The van der Waals surface area contributed by atoms with Crippen LogP contribution in [0.2, 0.25) is 0 Å². The molecule has 1 aromatic carbocycles. The molecule has 0 aliphatic carbocycles. The minimum Gasteiger partial charge on any atom is -0.338 e. The molecular formula is C30H23N9O. The molecule has 7 rings (SSSR count). The van der Waals surface area contributed by atoms with E-state index in [1.54, 1.807) is 24.9 Å². The van der Waals surface area contributed by atoms with Gasteiger partial charge in [-0.25, -0.2) is 15.0 Å². The molecule has 10 nitrogen and oxygen atoms in total. The monoisotopic (exact) mass is 525 g/mol. The van der Waals surface area contributed by atoms with Crippen molar-refractivity contribution in [2.24, 2.45) is 0 Å². The maximum absolute atomic E-state index is 12.6. The lowest BCUT2D eigenvalue weighted by Crippen LogP contribution is -2.14. The molecule has 0 fully saturated rings. The summed E-state index contributed by atoms with van der Waals surface area (Å²) >= 11 is 0. The van der Waals surface area contributed by atoms with E-state index < -0.39 is 0 Å². The summed E-state index contributed by atoms with van der Waals surface area (Å²) in [5, 5.41) is 11.5. The van der Waals surface area contributed by atoms with E-state index in [-0.39, 0.29) is 12.3 Å². The molecule has 7 aromatic rings. The molecule has 194 valence electrons. The molecular weight excluding hydrogens is 502 g/mol. The third-order valence-corrected chi connectivity index (χ3v) is 6.69. The topological polar surface area (TPSA) is 130 Å². The van der Waals surface area contributed by atoms with Crippen LogP contribution >= 0.6 is 0 Å². The average molecular weight is 526 g/mol. The van der Waals surface area contributed by atoms with E-state index in [1.165, 1.54) is 0 Å². The van der Waals surface area contributed by atoms with Crippen LogP contribution in [0, 0.1) is 6.92 Å². The fourth-order valence-corrected chi connectivity index (χ4v) is 4.80. The summed E-state index contributed by atoms with van der Waals surface area (Å²) in [6.45, 7) is 1.96. The minimum atomic E-state index is -0.108. The molecule has 0 saturated heterocycles. The van der Waals surface area contributed by atoms with Gasteiger partial charge in [-0.2, -0.15) is 5.10 Å². The smallest absolute Gasteiger partial charge is 0.228 e. The van der Waals surface area contributed by atoms with Gasteiger partial charge in [-0.3, -0.25) is 14.9 Å². The summed E-state index contributed by atoms with van der Waals surface area (Å²) in [6, 6.07) is 19.3. The molecule has 0 bridgehead atoms. The fourth-order valence-electron chi connectivity index (χ4n) is 4.80. The van der Waals surface area contributed by atoms with Gasteiger partial charge < -0.3 is 14.9 Å². The highest BCUT2D eigenvalue weighted by Gasteiger charge is 2.16. The van der Waals surface area contributed by atoms with Crippen molar-refractivity contribution in [3.8, 4) is 28.3 Å². The van der Waals surface area contributed by atoms with Crippen molar-refractivity contribution in [2.45, 2.75) is 13.3 Å². The van der Waals surface area contributed by atoms with Crippen LogP contribution in [-0.2, 0) is 11.2 Å². The SMILES string of the molecule is Cc1cn(-c2ccnc3[nH]c(-c4n[nH]c5ccc(-c6cncc(NC(=O)Cc7ccccc7)c6)nc45)cc23)cn1. The largest absolute Gasteiger partial charge is 0.338 e. The van der Waals surface area contributed by atoms with Gasteiger partial charge in [0.2, 0.25) is 5.91 Å². The number of rotatable bonds is 6. The second kappa shape index (κ2) is 9.59. The van der Waals surface area contributed by atoms with E-state index in [9.17, 15) is 4.79 Å². The predicted octanol–water partition coefficient (Wildman–Crippen LogP) is 5.24. The Balaban J connectivity index is 1.21. The second-order valence-corrected chi connectivity index (χ2v) is 9.54. The van der Waals surface area contributed by atoms with Crippen LogP contribution in [0.5, 0.6) is 0 Å². The molecule has 10 heteroatoms. The summed E-state index contributed by atoms with van der Waals surface area (Å²) in [6.07, 6.45) is 9.18. The van der Waals surface area contributed by atoms with Crippen molar-refractivity contribution in [1.82, 2.24) is 39.7 Å². The number of H-pyrrole nitrogens is 2. The first kappa shape index (κ1) is 23.5. The van der Waals surface area contributed by atoms with Crippen LogP contribution < -0.4 is 5.32 Å². The predicted molar refractivity (Wildman–Crippen MR) is 153 cm³/mol. The standard InChI is InChI=1S/C30H23N9O/c1-18-16-39(17-33-18)26-9-10-32-30-22(26)13-25(36-30)29-28-24(37-38-29)8-7-23(35-28)20-12-21(15-31-14-20)34-27(40)11-19-5-3-2-4-6-19/h2-10,12-17H,11H2,1H3,(H,32,36)(H,34,40)(H,37,38). The number of nitrogens with zero attached hydrogens (tertiary/aromatic N) is 6. The van der Waals surface area contributed by atoms with Crippen molar-refractivity contribution in [2.75, 3.05) is 5.32 Å². The molecule has 6 aromatic heterocycles. The van der Waals surface area contributed by atoms with Crippen molar-refractivity contribution in [3.05, 3.63) is 103 Å². The van der Waals surface area contributed by atoms with Gasteiger partial charge >= 0.3 is 0 Å². The van der Waals surface area contributed by atoms with Crippen LogP contribution in [0.4, 0.5) is 5.69 Å². The Morgan fingerprint density at radius 1 is 1.02 bits per heavy atom. The lowest BCUT2D eigenvalue weighted by Gasteiger charge is -2.07. The Kier molecular flexibility index (Phi) is 5.63. The van der Waals surface area contributed by atoms with Crippen LogP contribution in [0.1, 0.15) is 11.3 Å². The number of benzene rings is 1. The third kappa shape index (κ3) is 4.37. The number of aromatic amines is 2. The lowest BCUT2D eigenvalue weighted by atomic mass is 10.1. The maximum atomic E-state index is 12.6. The normalized spacial score (nSPS) is 11.3. The van der Waals surface area contributed by atoms with Gasteiger partial charge in [0, 0.05) is 29.5 Å². The van der Waals surface area contributed by atoms with E-state index in [0.717, 1.165) is 44.8 Å². The number of amides is 1. The number of carbonyl (C=O) groups is 1. The van der Waals surface area contributed by atoms with Gasteiger partial charge in [-0.05, 0) is 42.8 Å². The zero-order chi connectivity index (χ0) is 27.1. The number of pyridine rings is 3. The Labute approximate surface area is 228 Å². The summed E-state index contributed by atoms with van der Waals surface area (Å²) in [7, 11) is 0. The summed E-state index contributed by atoms with van der Waals surface area (Å²) in [4.78, 5) is 34.1. The highest BCUT2D eigenvalue weighted by atomic mass is 16.1. The first-order valence-electron chi connectivity index (χ1n) is 12.7. The molecule has 0 aliphatic rings. The molecule has 0 atom stereocenters. The van der Waals surface area contributed by atoms with Crippen molar-refractivity contribution in [1.29, 1.82) is 0 Å². The molecule has 0 spiro atoms. The van der Waals surface area contributed by atoms with Gasteiger partial charge in [0.05, 0.1) is 52.9 Å². The van der Waals surface area contributed by atoms with E-state index in [2.05, 4.69) is 35.5 Å². The summed E-state index contributed by atoms with van der Waals surface area (Å²) in [5.41, 5.74) is 8.69. The molecule has 0 saturated carbocycles. The van der Waals surface area contributed by atoms with Gasteiger partial charge in [0.1, 0.15) is 16.9 Å². The number of aryl methyl sites for hydroxylation is 1. The number of hydrogen-bond acceptors (Lipinski definition) is 6. The van der Waals surface area contributed by atoms with Crippen molar-refractivity contribution < 1.29 is 4.79 Å². The fraction of sp³-hybridized carbons (Fsp3) is 0.0667. The highest BCUT2D eigenvalue weighted by Crippen LogP contribution is 2.31. The second-order valence-electron chi connectivity index (χ2n) is 9.54. The number of carbonyl (C=O) groups excluding carboxylic acids is 1. The van der Waals surface area contributed by atoms with Crippen molar-refractivity contribution in [3.63, 3.8) is 0 Å². The highest BCUT2D eigenvalue weighted by molar-refractivity contribution is 5.96. The number of fused-ring (bicyclic) bond motifs is 2. The van der Waals surface area contributed by atoms with Gasteiger partial charge in [-0.15, -0.1) is 0 Å². The third-order valence-electron chi connectivity index (χ3n) is 6.69. The van der Waals surface area contributed by atoms with Crippen LogP contribution in [0.25, 0.3) is 50.4 Å². The Morgan fingerprint density at radius 3 is 2.77 bits per heavy atom. The molecule has 0 unspecified atom stereocenters. The van der Waals surface area contributed by atoms with Crippen LogP contribution in [0.15, 0.2) is 91.8 Å². The Morgan fingerprint density at radius 2 is 1.93 bits per heavy atom. The van der Waals surface area contributed by atoms with Gasteiger partial charge in [0.25, 0.3) is 0 Å². The molecule has 6 heterocycles. The van der Waals surface area contributed by atoms with E-state index in [4.69, 9.17) is 4.98 Å². The van der Waals surface area contributed by atoms with Gasteiger partial charge in [0.15, 0.2) is 0 Å². The minimum absolute atomic E-state index is 0.108.